The van der Waals surface area contributed by atoms with E-state index in [9.17, 15) is 0 Å². The first-order valence-corrected chi connectivity index (χ1v) is 3.56. The molecule has 0 aromatic carbocycles. The highest BCUT2D eigenvalue weighted by molar-refractivity contribution is 4.89. The SMILES string of the molecule is CN1CC2CC[C@@H]1C2. The fourth-order valence-corrected chi connectivity index (χ4v) is 2.17. The normalized spacial score (nSPS) is 46.1. The first-order chi connectivity index (χ1) is 3.86. The predicted octanol–water partition coefficient (Wildman–Crippen LogP) is 1.10. The quantitative estimate of drug-likeness (QED) is 0.452. The lowest BCUT2D eigenvalue weighted by atomic mass is 10.1. The summed E-state index contributed by atoms with van der Waals surface area (Å²) in [6.45, 7) is 1.38. The van der Waals surface area contributed by atoms with E-state index < -0.39 is 0 Å². The van der Waals surface area contributed by atoms with Gasteiger partial charge in [-0.3, -0.25) is 0 Å². The molecule has 46 valence electrons. The summed E-state index contributed by atoms with van der Waals surface area (Å²) < 4.78 is 0. The van der Waals surface area contributed by atoms with Crippen molar-refractivity contribution in [3.63, 3.8) is 0 Å². The van der Waals surface area contributed by atoms with Crippen LogP contribution in [0.4, 0.5) is 0 Å². The molecule has 1 nitrogen and oxygen atoms in total. The topological polar surface area (TPSA) is 3.24 Å². The zero-order chi connectivity index (χ0) is 5.56. The number of hydrogen-bond donors (Lipinski definition) is 0. The van der Waals surface area contributed by atoms with Crippen LogP contribution in [0.2, 0.25) is 0 Å². The van der Waals surface area contributed by atoms with Crippen molar-refractivity contribution < 1.29 is 0 Å². The van der Waals surface area contributed by atoms with E-state index in [4.69, 9.17) is 0 Å². The standard InChI is InChI=1S/C7H13N/c1-8-5-6-2-3-7(8)4-6/h6-7H,2-5H2,1H3/t6?,7-/m1/s1. The molecule has 1 heterocycles. The molecule has 0 N–H and O–H groups in total. The van der Waals surface area contributed by atoms with E-state index in [-0.39, 0.29) is 0 Å². The summed E-state index contributed by atoms with van der Waals surface area (Å²) in [7, 11) is 2.25. The van der Waals surface area contributed by atoms with Crippen molar-refractivity contribution in [1.29, 1.82) is 0 Å². The largest absolute Gasteiger partial charge is 0.303 e. The van der Waals surface area contributed by atoms with Crippen LogP contribution in [0.1, 0.15) is 19.3 Å². The van der Waals surface area contributed by atoms with E-state index >= 15 is 0 Å². The molecule has 1 saturated heterocycles. The Hall–Kier alpha value is -0.0400. The molecule has 0 radical (unpaired) electrons. The Morgan fingerprint density at radius 2 is 2.25 bits per heavy atom. The minimum absolute atomic E-state index is 0.972. The molecular weight excluding hydrogens is 98.1 g/mol. The minimum Gasteiger partial charge on any atom is -0.303 e. The lowest BCUT2D eigenvalue weighted by Gasteiger charge is -2.20. The van der Waals surface area contributed by atoms with Gasteiger partial charge in [0.1, 0.15) is 0 Å². The van der Waals surface area contributed by atoms with Crippen LogP contribution in [0.5, 0.6) is 0 Å². The van der Waals surface area contributed by atoms with Gasteiger partial charge < -0.3 is 4.90 Å². The summed E-state index contributed by atoms with van der Waals surface area (Å²) in [5, 5.41) is 0. The molecule has 2 aliphatic rings. The third-order valence-electron chi connectivity index (χ3n) is 2.68. The van der Waals surface area contributed by atoms with E-state index in [1.807, 2.05) is 0 Å². The molecule has 1 aliphatic carbocycles. The van der Waals surface area contributed by atoms with Gasteiger partial charge in [0.15, 0.2) is 0 Å². The fraction of sp³-hybridized carbons (Fsp3) is 1.00. The Kier molecular flexibility index (Phi) is 0.884. The molecule has 1 saturated carbocycles. The van der Waals surface area contributed by atoms with Crippen molar-refractivity contribution in [2.75, 3.05) is 13.6 Å². The summed E-state index contributed by atoms with van der Waals surface area (Å²) in [4.78, 5) is 2.51. The Balaban J connectivity index is 2.11. The third kappa shape index (κ3) is 0.510. The van der Waals surface area contributed by atoms with E-state index in [2.05, 4.69) is 11.9 Å². The first-order valence-electron chi connectivity index (χ1n) is 3.56. The van der Waals surface area contributed by atoms with E-state index in [1.54, 1.807) is 0 Å². The molecule has 2 atom stereocenters. The average Bonchev–Trinajstić information content (AvgIpc) is 2.23. The summed E-state index contributed by atoms with van der Waals surface area (Å²) in [6, 6.07) is 0.972. The molecule has 0 aromatic rings. The van der Waals surface area contributed by atoms with Gasteiger partial charge in [-0.25, -0.2) is 0 Å². The van der Waals surface area contributed by atoms with Crippen LogP contribution in [0.15, 0.2) is 0 Å². The van der Waals surface area contributed by atoms with Gasteiger partial charge in [-0.05, 0) is 32.2 Å². The van der Waals surface area contributed by atoms with Crippen LogP contribution in [0.25, 0.3) is 0 Å². The Morgan fingerprint density at radius 1 is 1.38 bits per heavy atom. The van der Waals surface area contributed by atoms with Crippen molar-refractivity contribution >= 4 is 0 Å². The van der Waals surface area contributed by atoms with Crippen LogP contribution in [0, 0.1) is 5.92 Å². The van der Waals surface area contributed by atoms with Crippen molar-refractivity contribution in [2.45, 2.75) is 25.3 Å². The number of hydrogen-bond acceptors (Lipinski definition) is 1. The molecule has 0 aromatic heterocycles. The van der Waals surface area contributed by atoms with Crippen molar-refractivity contribution in [3.8, 4) is 0 Å². The zero-order valence-corrected chi connectivity index (χ0v) is 5.43. The van der Waals surface area contributed by atoms with Gasteiger partial charge in [0.25, 0.3) is 0 Å². The Bertz CT molecular complexity index is 98.6. The second-order valence-electron chi connectivity index (χ2n) is 3.27. The molecule has 1 aliphatic heterocycles. The van der Waals surface area contributed by atoms with Crippen LogP contribution in [0.3, 0.4) is 0 Å². The molecule has 0 spiro atoms. The maximum atomic E-state index is 2.51. The maximum Gasteiger partial charge on any atom is 0.00955 e. The highest BCUT2D eigenvalue weighted by Crippen LogP contribution is 2.35. The van der Waals surface area contributed by atoms with Gasteiger partial charge in [0.2, 0.25) is 0 Å². The number of likely N-dealkylation sites (tertiary alicyclic amines) is 1. The molecular formula is C7H13N. The Morgan fingerprint density at radius 3 is 2.50 bits per heavy atom. The van der Waals surface area contributed by atoms with Crippen LogP contribution in [-0.2, 0) is 0 Å². The summed E-state index contributed by atoms with van der Waals surface area (Å²) in [5.74, 6) is 1.07. The predicted molar refractivity (Wildman–Crippen MR) is 33.8 cm³/mol. The molecule has 2 rings (SSSR count). The van der Waals surface area contributed by atoms with Gasteiger partial charge in [0, 0.05) is 12.6 Å². The van der Waals surface area contributed by atoms with Crippen molar-refractivity contribution in [2.24, 2.45) is 5.92 Å². The number of rotatable bonds is 0. The highest BCUT2D eigenvalue weighted by Gasteiger charge is 2.34. The van der Waals surface area contributed by atoms with Gasteiger partial charge in [-0.15, -0.1) is 0 Å². The van der Waals surface area contributed by atoms with Gasteiger partial charge in [-0.1, -0.05) is 0 Å². The smallest absolute Gasteiger partial charge is 0.00955 e. The molecule has 1 heteroatoms. The monoisotopic (exact) mass is 111 g/mol. The highest BCUT2D eigenvalue weighted by atomic mass is 15.2. The molecule has 8 heavy (non-hydrogen) atoms. The lowest BCUT2D eigenvalue weighted by Crippen LogP contribution is -2.27. The van der Waals surface area contributed by atoms with Crippen molar-refractivity contribution in [1.82, 2.24) is 4.90 Å². The summed E-state index contributed by atoms with van der Waals surface area (Å²) in [5.41, 5.74) is 0. The molecule has 0 amide bonds. The third-order valence-corrected chi connectivity index (χ3v) is 2.68. The van der Waals surface area contributed by atoms with E-state index in [1.165, 1.54) is 25.8 Å². The van der Waals surface area contributed by atoms with Crippen LogP contribution >= 0.6 is 0 Å². The van der Waals surface area contributed by atoms with Gasteiger partial charge in [-0.2, -0.15) is 0 Å². The number of nitrogens with zero attached hydrogens (tertiary/aromatic N) is 1. The molecule has 2 bridgehead atoms. The maximum absolute atomic E-state index is 2.51. The van der Waals surface area contributed by atoms with E-state index in [0.717, 1.165) is 12.0 Å². The second-order valence-corrected chi connectivity index (χ2v) is 3.27. The first kappa shape index (κ1) is 4.80. The average molecular weight is 111 g/mol. The van der Waals surface area contributed by atoms with Crippen molar-refractivity contribution in [3.05, 3.63) is 0 Å². The summed E-state index contributed by atoms with van der Waals surface area (Å²) >= 11 is 0. The fourth-order valence-electron chi connectivity index (χ4n) is 2.17. The lowest BCUT2D eigenvalue weighted by molar-refractivity contribution is 0.261. The zero-order valence-electron chi connectivity index (χ0n) is 5.43. The number of fused-ring (bicyclic) bond motifs is 2. The van der Waals surface area contributed by atoms with Crippen LogP contribution < -0.4 is 0 Å². The number of piperidine rings is 1. The molecule has 1 unspecified atom stereocenters. The Labute approximate surface area is 50.7 Å². The van der Waals surface area contributed by atoms with E-state index in [0.29, 0.717) is 0 Å². The van der Waals surface area contributed by atoms with Gasteiger partial charge >= 0.3 is 0 Å². The van der Waals surface area contributed by atoms with Gasteiger partial charge in [0.05, 0.1) is 0 Å². The summed E-state index contributed by atoms with van der Waals surface area (Å²) in [6.07, 6.45) is 4.48. The minimum atomic E-state index is 0.972. The van der Waals surface area contributed by atoms with Crippen LogP contribution in [-0.4, -0.2) is 24.5 Å². The molecule has 2 fully saturated rings. The second kappa shape index (κ2) is 1.47.